The molecule has 0 aliphatic carbocycles. The molecule has 7 heteroatoms. The van der Waals surface area contributed by atoms with Crippen molar-refractivity contribution in [1.29, 1.82) is 0 Å². The maximum absolute atomic E-state index is 12.0. The molecule has 1 N–H and O–H groups in total. The maximum atomic E-state index is 12.0. The Morgan fingerprint density at radius 3 is 2.33 bits per heavy atom. The van der Waals surface area contributed by atoms with Crippen molar-refractivity contribution in [3.8, 4) is 11.5 Å². The number of hydrogen-bond acceptors (Lipinski definition) is 4. The van der Waals surface area contributed by atoms with E-state index < -0.39 is 13.0 Å². The normalized spacial score (nSPS) is 12.5. The molecule has 21 heavy (non-hydrogen) atoms. The first-order valence-corrected chi connectivity index (χ1v) is 7.27. The third-order valence-corrected chi connectivity index (χ3v) is 3.71. The van der Waals surface area contributed by atoms with Gasteiger partial charge in [-0.25, -0.2) is 8.78 Å². The molecule has 0 aliphatic rings. The quantitative estimate of drug-likeness (QED) is 0.679. The van der Waals surface area contributed by atoms with Gasteiger partial charge in [0.2, 0.25) is 0 Å². The highest BCUT2D eigenvalue weighted by molar-refractivity contribution is 9.10. The highest BCUT2D eigenvalue weighted by Crippen LogP contribution is 2.36. The van der Waals surface area contributed by atoms with E-state index in [9.17, 15) is 8.78 Å². The van der Waals surface area contributed by atoms with Gasteiger partial charge in [0.1, 0.15) is 6.61 Å². The Kier molecular flexibility index (Phi) is 7.92. The van der Waals surface area contributed by atoms with Crippen molar-refractivity contribution in [3.05, 3.63) is 22.2 Å². The molecule has 1 atom stereocenters. The fourth-order valence-corrected chi connectivity index (χ4v) is 2.56. The second kappa shape index (κ2) is 9.17. The van der Waals surface area contributed by atoms with E-state index in [4.69, 9.17) is 14.2 Å². The summed E-state index contributed by atoms with van der Waals surface area (Å²) in [5.74, 6) is 1.24. The van der Waals surface area contributed by atoms with Crippen LogP contribution >= 0.6 is 15.9 Å². The molecule has 1 rings (SSSR count). The fourth-order valence-electron chi connectivity index (χ4n) is 1.97. The van der Waals surface area contributed by atoms with Gasteiger partial charge in [-0.3, -0.25) is 0 Å². The van der Waals surface area contributed by atoms with Crippen LogP contribution in [-0.4, -0.2) is 40.9 Å². The molecule has 1 aromatic carbocycles. The predicted molar refractivity (Wildman–Crippen MR) is 80.5 cm³/mol. The van der Waals surface area contributed by atoms with Gasteiger partial charge in [-0.2, -0.15) is 0 Å². The van der Waals surface area contributed by atoms with E-state index in [2.05, 4.69) is 21.2 Å². The van der Waals surface area contributed by atoms with Gasteiger partial charge >= 0.3 is 0 Å². The van der Waals surface area contributed by atoms with Crippen molar-refractivity contribution in [2.24, 2.45) is 0 Å². The van der Waals surface area contributed by atoms with Crippen LogP contribution in [0.4, 0.5) is 8.78 Å². The summed E-state index contributed by atoms with van der Waals surface area (Å²) in [6.07, 6.45) is -1.87. The van der Waals surface area contributed by atoms with E-state index in [0.717, 1.165) is 10.0 Å². The number of hydrogen-bond donors (Lipinski definition) is 1. The zero-order chi connectivity index (χ0) is 15.8. The third-order valence-electron chi connectivity index (χ3n) is 3.02. The Balaban J connectivity index is 2.80. The molecule has 0 heterocycles. The smallest absolute Gasteiger partial charge is 0.261 e. The van der Waals surface area contributed by atoms with Gasteiger partial charge in [0, 0.05) is 17.1 Å². The van der Waals surface area contributed by atoms with Crippen LogP contribution < -0.4 is 14.8 Å². The van der Waals surface area contributed by atoms with Gasteiger partial charge in [-0.15, -0.1) is 0 Å². The molecule has 1 unspecified atom stereocenters. The summed E-state index contributed by atoms with van der Waals surface area (Å²) in [7, 11) is 4.94. The molecule has 0 amide bonds. The molecule has 0 aromatic heterocycles. The number of ether oxygens (including phenoxy) is 3. The molecular weight excluding hydrogens is 348 g/mol. The molecule has 0 saturated carbocycles. The Labute approximate surface area is 131 Å². The average Bonchev–Trinajstić information content (AvgIpc) is 2.47. The number of halogens is 3. The summed E-state index contributed by atoms with van der Waals surface area (Å²) < 4.78 is 40.4. The number of benzene rings is 1. The van der Waals surface area contributed by atoms with Crippen LogP contribution in [0.25, 0.3) is 0 Å². The zero-order valence-corrected chi connectivity index (χ0v) is 13.9. The number of nitrogens with one attached hydrogen (secondary N) is 1. The minimum absolute atomic E-state index is 0.0446. The topological polar surface area (TPSA) is 39.7 Å². The summed E-state index contributed by atoms with van der Waals surface area (Å²) in [6, 6.07) is 3.63. The average molecular weight is 368 g/mol. The van der Waals surface area contributed by atoms with E-state index >= 15 is 0 Å². The van der Waals surface area contributed by atoms with Crippen LogP contribution in [0.15, 0.2) is 16.6 Å². The second-order valence-electron chi connectivity index (χ2n) is 4.32. The van der Waals surface area contributed by atoms with Crippen molar-refractivity contribution >= 4 is 15.9 Å². The Bertz CT molecular complexity index is 446. The lowest BCUT2D eigenvalue weighted by Gasteiger charge is -2.20. The minimum Gasteiger partial charge on any atom is -0.493 e. The van der Waals surface area contributed by atoms with Gasteiger partial charge < -0.3 is 19.5 Å². The van der Waals surface area contributed by atoms with Crippen molar-refractivity contribution in [2.75, 3.05) is 34.5 Å². The lowest BCUT2D eigenvalue weighted by atomic mass is 10.0. The summed E-state index contributed by atoms with van der Waals surface area (Å²) in [5.41, 5.74) is 0.954. The zero-order valence-electron chi connectivity index (χ0n) is 12.3. The van der Waals surface area contributed by atoms with Gasteiger partial charge in [0.15, 0.2) is 11.5 Å². The van der Waals surface area contributed by atoms with Crippen LogP contribution in [0, 0.1) is 0 Å². The summed E-state index contributed by atoms with van der Waals surface area (Å²) in [6.45, 7) is -0.291. The second-order valence-corrected chi connectivity index (χ2v) is 5.18. The molecule has 1 aromatic rings. The van der Waals surface area contributed by atoms with Crippen LogP contribution in [0.1, 0.15) is 18.0 Å². The van der Waals surface area contributed by atoms with E-state index in [1.807, 2.05) is 12.1 Å². The van der Waals surface area contributed by atoms with Gasteiger partial charge in [0.05, 0.1) is 14.2 Å². The molecule has 0 fully saturated rings. The van der Waals surface area contributed by atoms with E-state index in [1.54, 1.807) is 21.3 Å². The SMILES string of the molecule is CNC(CCOCC(F)F)c1cc(OC)c(OC)cc1Br. The molecule has 0 aliphatic heterocycles. The Morgan fingerprint density at radius 2 is 1.81 bits per heavy atom. The molecule has 0 radical (unpaired) electrons. The van der Waals surface area contributed by atoms with Gasteiger partial charge in [-0.1, -0.05) is 15.9 Å². The van der Waals surface area contributed by atoms with Gasteiger partial charge in [0.25, 0.3) is 6.43 Å². The highest BCUT2D eigenvalue weighted by atomic mass is 79.9. The monoisotopic (exact) mass is 367 g/mol. The maximum Gasteiger partial charge on any atom is 0.261 e. The molecule has 4 nitrogen and oxygen atoms in total. The van der Waals surface area contributed by atoms with Gasteiger partial charge in [-0.05, 0) is 31.2 Å². The first-order chi connectivity index (χ1) is 10.0. The van der Waals surface area contributed by atoms with Crippen LogP contribution in [0.5, 0.6) is 11.5 Å². The molecule has 120 valence electrons. The molecule has 0 bridgehead atoms. The Hall–Kier alpha value is -0.920. The lowest BCUT2D eigenvalue weighted by Crippen LogP contribution is -2.19. The number of methoxy groups -OCH3 is 2. The van der Waals surface area contributed by atoms with Crippen LogP contribution in [-0.2, 0) is 4.74 Å². The van der Waals surface area contributed by atoms with E-state index in [1.165, 1.54) is 0 Å². The molecular formula is C14H20BrF2NO3. The summed E-state index contributed by atoms with van der Waals surface area (Å²) in [4.78, 5) is 0. The standard InChI is InChI=1S/C14H20BrF2NO3/c1-18-11(4-5-21-8-14(16)17)9-6-12(19-2)13(20-3)7-10(9)15/h6-7,11,14,18H,4-5,8H2,1-3H3. The number of alkyl halides is 2. The van der Waals surface area contributed by atoms with Crippen molar-refractivity contribution in [1.82, 2.24) is 5.32 Å². The molecule has 0 spiro atoms. The number of rotatable bonds is 9. The Morgan fingerprint density at radius 1 is 1.19 bits per heavy atom. The first kappa shape index (κ1) is 18.1. The van der Waals surface area contributed by atoms with E-state index in [0.29, 0.717) is 17.9 Å². The molecule has 0 saturated heterocycles. The largest absolute Gasteiger partial charge is 0.493 e. The van der Waals surface area contributed by atoms with Crippen LogP contribution in [0.2, 0.25) is 0 Å². The van der Waals surface area contributed by atoms with Crippen molar-refractivity contribution in [3.63, 3.8) is 0 Å². The van der Waals surface area contributed by atoms with Crippen molar-refractivity contribution < 1.29 is 23.0 Å². The first-order valence-electron chi connectivity index (χ1n) is 6.48. The minimum atomic E-state index is -2.44. The fraction of sp³-hybridized carbons (Fsp3) is 0.571. The van der Waals surface area contributed by atoms with E-state index in [-0.39, 0.29) is 12.6 Å². The third kappa shape index (κ3) is 5.41. The lowest BCUT2D eigenvalue weighted by molar-refractivity contribution is 0.0145. The summed E-state index contributed by atoms with van der Waals surface area (Å²) in [5, 5.41) is 3.14. The highest BCUT2D eigenvalue weighted by Gasteiger charge is 2.17. The summed E-state index contributed by atoms with van der Waals surface area (Å²) >= 11 is 3.49. The van der Waals surface area contributed by atoms with Crippen LogP contribution in [0.3, 0.4) is 0 Å². The van der Waals surface area contributed by atoms with Crippen molar-refractivity contribution in [2.45, 2.75) is 18.9 Å². The predicted octanol–water partition coefficient (Wildman–Crippen LogP) is 3.40.